The zero-order valence-electron chi connectivity index (χ0n) is 11.2. The minimum absolute atomic E-state index is 0.133. The number of carbonyl (C=O) groups is 1. The highest BCUT2D eigenvalue weighted by Crippen LogP contribution is 2.27. The second kappa shape index (κ2) is 5.36. The third-order valence-corrected chi connectivity index (χ3v) is 3.25. The first-order chi connectivity index (χ1) is 9.72. The van der Waals surface area contributed by atoms with Crippen molar-refractivity contribution < 1.29 is 18.8 Å². The molecule has 0 bridgehead atoms. The van der Waals surface area contributed by atoms with Crippen molar-refractivity contribution in [1.82, 2.24) is 5.16 Å². The molecule has 1 atom stereocenters. The number of hydrogen-bond acceptors (Lipinski definition) is 5. The number of aromatic nitrogens is 1. The van der Waals surface area contributed by atoms with E-state index in [9.17, 15) is 4.79 Å². The fraction of sp³-hybridized carbons (Fsp3) is 0.333. The minimum Gasteiger partial charge on any atom is -0.492 e. The zero-order valence-corrected chi connectivity index (χ0v) is 11.2. The molecular weight excluding hydrogens is 258 g/mol. The number of ether oxygens (including phenoxy) is 2. The van der Waals surface area contributed by atoms with Gasteiger partial charge in [-0.3, -0.25) is 4.79 Å². The summed E-state index contributed by atoms with van der Waals surface area (Å²) in [4.78, 5) is 12.0. The minimum atomic E-state index is -0.266. The van der Waals surface area contributed by atoms with Crippen LogP contribution in [0.5, 0.6) is 5.75 Å². The van der Waals surface area contributed by atoms with Gasteiger partial charge in [0.1, 0.15) is 30.4 Å². The molecule has 1 aromatic carbocycles. The van der Waals surface area contributed by atoms with Gasteiger partial charge in [0.25, 0.3) is 0 Å². The molecule has 0 radical (unpaired) electrons. The van der Waals surface area contributed by atoms with Gasteiger partial charge in [0.2, 0.25) is 0 Å². The van der Waals surface area contributed by atoms with Crippen molar-refractivity contribution in [2.24, 2.45) is 5.92 Å². The van der Waals surface area contributed by atoms with E-state index in [-0.39, 0.29) is 18.5 Å². The highest BCUT2D eigenvalue weighted by atomic mass is 16.5. The molecule has 2 aromatic rings. The Labute approximate surface area is 116 Å². The monoisotopic (exact) mass is 273 g/mol. The average Bonchev–Trinajstić information content (AvgIpc) is 2.90. The largest absolute Gasteiger partial charge is 0.492 e. The molecule has 0 saturated carbocycles. The summed E-state index contributed by atoms with van der Waals surface area (Å²) in [5.74, 6) is 1.02. The van der Waals surface area contributed by atoms with Crippen molar-refractivity contribution in [2.45, 2.75) is 20.0 Å². The van der Waals surface area contributed by atoms with Crippen molar-refractivity contribution in [3.8, 4) is 5.75 Å². The molecule has 5 heteroatoms. The first-order valence-electron chi connectivity index (χ1n) is 6.52. The summed E-state index contributed by atoms with van der Waals surface area (Å²) in [6.45, 7) is 2.28. The lowest BCUT2D eigenvalue weighted by molar-refractivity contribution is -0.151. The van der Waals surface area contributed by atoms with Crippen LogP contribution in [0.15, 0.2) is 34.9 Å². The number of hydrogen-bond donors (Lipinski definition) is 0. The maximum atomic E-state index is 12.0. The maximum absolute atomic E-state index is 12.0. The average molecular weight is 273 g/mol. The van der Waals surface area contributed by atoms with Crippen LogP contribution in [0.25, 0.3) is 0 Å². The lowest BCUT2D eigenvalue weighted by Crippen LogP contribution is -2.29. The van der Waals surface area contributed by atoms with E-state index in [2.05, 4.69) is 5.16 Å². The molecule has 20 heavy (non-hydrogen) atoms. The lowest BCUT2D eigenvalue weighted by Gasteiger charge is -2.23. The summed E-state index contributed by atoms with van der Waals surface area (Å²) < 4.78 is 15.8. The molecule has 0 N–H and O–H groups in total. The Bertz CT molecular complexity index is 620. The van der Waals surface area contributed by atoms with Crippen LogP contribution >= 0.6 is 0 Å². The van der Waals surface area contributed by atoms with Crippen LogP contribution in [0, 0.1) is 12.8 Å². The lowest BCUT2D eigenvalue weighted by atomic mass is 9.97. The van der Waals surface area contributed by atoms with Gasteiger partial charge >= 0.3 is 5.97 Å². The van der Waals surface area contributed by atoms with E-state index in [1.54, 1.807) is 13.0 Å². The van der Waals surface area contributed by atoms with Crippen molar-refractivity contribution in [3.05, 3.63) is 47.3 Å². The number of nitrogens with zero attached hydrogens (tertiary/aromatic N) is 1. The molecule has 0 fully saturated rings. The van der Waals surface area contributed by atoms with Gasteiger partial charge in [0, 0.05) is 6.07 Å². The molecule has 2 heterocycles. The summed E-state index contributed by atoms with van der Waals surface area (Å²) in [5, 5.41) is 3.79. The summed E-state index contributed by atoms with van der Waals surface area (Å²) >= 11 is 0. The second-order valence-electron chi connectivity index (χ2n) is 4.86. The van der Waals surface area contributed by atoms with Crippen LogP contribution in [0.2, 0.25) is 0 Å². The number of fused-ring (bicyclic) bond motifs is 1. The van der Waals surface area contributed by atoms with Crippen LogP contribution in [-0.2, 0) is 22.6 Å². The Morgan fingerprint density at radius 1 is 1.45 bits per heavy atom. The molecule has 0 saturated heterocycles. The van der Waals surface area contributed by atoms with E-state index >= 15 is 0 Å². The first-order valence-corrected chi connectivity index (χ1v) is 6.52. The van der Waals surface area contributed by atoms with Crippen molar-refractivity contribution in [3.63, 3.8) is 0 Å². The molecule has 0 amide bonds. The molecule has 0 aliphatic carbocycles. The fourth-order valence-electron chi connectivity index (χ4n) is 2.23. The van der Waals surface area contributed by atoms with Crippen LogP contribution in [-0.4, -0.2) is 17.7 Å². The summed E-state index contributed by atoms with van der Waals surface area (Å²) in [7, 11) is 0. The molecule has 1 aliphatic heterocycles. The van der Waals surface area contributed by atoms with E-state index in [1.807, 2.05) is 24.3 Å². The van der Waals surface area contributed by atoms with Gasteiger partial charge in [-0.15, -0.1) is 0 Å². The van der Waals surface area contributed by atoms with Gasteiger partial charge in [0.05, 0.1) is 5.92 Å². The maximum Gasteiger partial charge on any atom is 0.313 e. The van der Waals surface area contributed by atoms with Crippen LogP contribution in [0.3, 0.4) is 0 Å². The molecule has 1 aromatic heterocycles. The summed E-state index contributed by atoms with van der Waals surface area (Å²) in [6.07, 6.45) is 0.646. The summed E-state index contributed by atoms with van der Waals surface area (Å²) in [5.41, 5.74) is 1.66. The molecule has 104 valence electrons. The number of aryl methyl sites for hydroxylation is 1. The normalized spacial score (nSPS) is 17.1. The number of esters is 1. The van der Waals surface area contributed by atoms with E-state index in [0.717, 1.165) is 11.3 Å². The second-order valence-corrected chi connectivity index (χ2v) is 4.86. The van der Waals surface area contributed by atoms with E-state index in [4.69, 9.17) is 14.0 Å². The standard InChI is InChI=1S/C15H15NO4/c1-10-6-13(16-20-10)9-19-15(17)12-7-11-4-2-3-5-14(11)18-8-12/h2-6,12H,7-9H2,1H3. The molecule has 0 spiro atoms. The molecule has 5 nitrogen and oxygen atoms in total. The Morgan fingerprint density at radius 3 is 3.10 bits per heavy atom. The van der Waals surface area contributed by atoms with Crippen LogP contribution in [0.4, 0.5) is 0 Å². The quantitative estimate of drug-likeness (QED) is 0.803. The predicted molar refractivity (Wildman–Crippen MR) is 70.2 cm³/mol. The van der Waals surface area contributed by atoms with Gasteiger partial charge in [-0.1, -0.05) is 23.4 Å². The predicted octanol–water partition coefficient (Wildman–Crippen LogP) is 2.28. The Morgan fingerprint density at radius 2 is 2.30 bits per heavy atom. The van der Waals surface area contributed by atoms with Gasteiger partial charge < -0.3 is 14.0 Å². The Hall–Kier alpha value is -2.30. The van der Waals surface area contributed by atoms with E-state index in [0.29, 0.717) is 24.5 Å². The number of para-hydroxylation sites is 1. The third kappa shape index (κ3) is 2.66. The third-order valence-electron chi connectivity index (χ3n) is 3.25. The van der Waals surface area contributed by atoms with Crippen molar-refractivity contribution in [1.29, 1.82) is 0 Å². The first kappa shape index (κ1) is 12.7. The molecule has 1 aliphatic rings. The Kier molecular flexibility index (Phi) is 3.41. The van der Waals surface area contributed by atoms with Crippen LogP contribution in [0.1, 0.15) is 17.0 Å². The summed E-state index contributed by atoms with van der Waals surface area (Å²) in [6, 6.07) is 9.49. The van der Waals surface area contributed by atoms with Crippen LogP contribution < -0.4 is 4.74 Å². The Balaban J connectivity index is 1.59. The smallest absolute Gasteiger partial charge is 0.313 e. The van der Waals surface area contributed by atoms with Crippen molar-refractivity contribution in [2.75, 3.05) is 6.61 Å². The zero-order chi connectivity index (χ0) is 13.9. The SMILES string of the molecule is Cc1cc(COC(=O)C2COc3ccccc3C2)no1. The number of benzene rings is 1. The van der Waals surface area contributed by atoms with Gasteiger partial charge in [0.15, 0.2) is 0 Å². The molecule has 3 rings (SSSR count). The highest BCUT2D eigenvalue weighted by molar-refractivity contribution is 5.73. The molecule has 1 unspecified atom stereocenters. The van der Waals surface area contributed by atoms with Gasteiger partial charge in [-0.05, 0) is 25.0 Å². The van der Waals surface area contributed by atoms with Gasteiger partial charge in [-0.25, -0.2) is 0 Å². The van der Waals surface area contributed by atoms with Gasteiger partial charge in [-0.2, -0.15) is 0 Å². The number of rotatable bonds is 3. The van der Waals surface area contributed by atoms with E-state index in [1.165, 1.54) is 0 Å². The highest BCUT2D eigenvalue weighted by Gasteiger charge is 2.27. The fourth-order valence-corrected chi connectivity index (χ4v) is 2.23. The molecular formula is C15H15NO4. The topological polar surface area (TPSA) is 61.6 Å². The van der Waals surface area contributed by atoms with Crippen molar-refractivity contribution >= 4 is 5.97 Å². The van der Waals surface area contributed by atoms with E-state index < -0.39 is 0 Å². The number of carbonyl (C=O) groups excluding carboxylic acids is 1.